The third kappa shape index (κ3) is 5.34. The third-order valence-corrected chi connectivity index (χ3v) is 4.33. The van der Waals surface area contributed by atoms with Gasteiger partial charge in [-0.05, 0) is 46.6 Å². The molecular weight excluding hydrogens is 428 g/mol. The van der Waals surface area contributed by atoms with Crippen molar-refractivity contribution in [1.82, 2.24) is 4.90 Å². The fraction of sp³-hybridized carbons (Fsp3) is 0.450. The van der Waals surface area contributed by atoms with E-state index in [0.717, 1.165) is 0 Å². The van der Waals surface area contributed by atoms with Gasteiger partial charge in [-0.15, -0.1) is 0 Å². The van der Waals surface area contributed by atoms with E-state index >= 15 is 0 Å². The van der Waals surface area contributed by atoms with Gasteiger partial charge in [-0.25, -0.2) is 9.79 Å². The molecule has 1 aromatic rings. The summed E-state index contributed by atoms with van der Waals surface area (Å²) in [6.07, 6.45) is 1.63. The first-order valence-electron chi connectivity index (χ1n) is 8.85. The van der Waals surface area contributed by atoms with Crippen LogP contribution < -0.4 is 9.47 Å². The molecule has 8 heteroatoms. The molecule has 0 saturated heterocycles. The second kappa shape index (κ2) is 8.77. The number of likely N-dealkylation sites (N-methyl/N-ethyl adjacent to an activating group) is 1. The number of carbonyl (C=O) groups is 2. The maximum Gasteiger partial charge on any atom is 0.363 e. The third-order valence-electron chi connectivity index (χ3n) is 3.74. The van der Waals surface area contributed by atoms with Crippen LogP contribution >= 0.6 is 15.9 Å². The van der Waals surface area contributed by atoms with Crippen molar-refractivity contribution >= 4 is 39.8 Å². The summed E-state index contributed by atoms with van der Waals surface area (Å²) in [5, 5.41) is 0. The maximum atomic E-state index is 12.1. The minimum absolute atomic E-state index is 0.113. The zero-order valence-electron chi connectivity index (χ0n) is 17.0. The van der Waals surface area contributed by atoms with Crippen LogP contribution in [0.2, 0.25) is 0 Å². The van der Waals surface area contributed by atoms with Crippen molar-refractivity contribution in [3.05, 3.63) is 27.9 Å². The lowest BCUT2D eigenvalue weighted by molar-refractivity contribution is -0.131. The number of hydrogen-bond donors (Lipinski definition) is 0. The Balaban J connectivity index is 2.36. The minimum atomic E-state index is -0.490. The van der Waals surface area contributed by atoms with Gasteiger partial charge in [-0.3, -0.25) is 4.79 Å². The van der Waals surface area contributed by atoms with Gasteiger partial charge in [0.2, 0.25) is 5.90 Å². The molecule has 0 fully saturated rings. The molecule has 7 nitrogen and oxygen atoms in total. The largest absolute Gasteiger partial charge is 0.490 e. The number of amides is 1. The SMILES string of the molecule is CCOc1cc(/C=C2/N=C(C(C)(C)C)OC2=O)cc(Br)c1OCC(=O)N(C)C. The molecule has 0 N–H and O–H groups in total. The van der Waals surface area contributed by atoms with Gasteiger partial charge in [-0.2, -0.15) is 0 Å². The molecule has 0 aliphatic carbocycles. The Kier molecular flexibility index (Phi) is 6.87. The highest BCUT2D eigenvalue weighted by atomic mass is 79.9. The second-order valence-electron chi connectivity index (χ2n) is 7.43. The summed E-state index contributed by atoms with van der Waals surface area (Å²) in [6.45, 7) is 7.92. The molecule has 1 aliphatic heterocycles. The monoisotopic (exact) mass is 452 g/mol. The molecule has 2 rings (SSSR count). The zero-order valence-corrected chi connectivity index (χ0v) is 18.5. The number of esters is 1. The van der Waals surface area contributed by atoms with Crippen LogP contribution in [0.15, 0.2) is 27.3 Å². The molecule has 0 unspecified atom stereocenters. The van der Waals surface area contributed by atoms with Crippen LogP contribution in [0.3, 0.4) is 0 Å². The molecule has 0 spiro atoms. The Hall–Kier alpha value is -2.35. The van der Waals surface area contributed by atoms with Crippen molar-refractivity contribution in [3.63, 3.8) is 0 Å². The highest BCUT2D eigenvalue weighted by molar-refractivity contribution is 9.10. The summed E-state index contributed by atoms with van der Waals surface area (Å²) in [5.74, 6) is 0.609. The lowest BCUT2D eigenvalue weighted by Gasteiger charge is -2.16. The minimum Gasteiger partial charge on any atom is -0.490 e. The van der Waals surface area contributed by atoms with E-state index in [2.05, 4.69) is 20.9 Å². The van der Waals surface area contributed by atoms with Gasteiger partial charge in [0.1, 0.15) is 0 Å². The van der Waals surface area contributed by atoms with Gasteiger partial charge in [-0.1, -0.05) is 20.8 Å². The quantitative estimate of drug-likeness (QED) is 0.486. The van der Waals surface area contributed by atoms with E-state index in [1.54, 1.807) is 32.3 Å². The smallest absolute Gasteiger partial charge is 0.363 e. The molecule has 0 aromatic heterocycles. The Labute approximate surface area is 173 Å². The summed E-state index contributed by atoms with van der Waals surface area (Å²) in [6, 6.07) is 3.50. The Bertz CT molecular complexity index is 838. The average molecular weight is 453 g/mol. The first-order valence-corrected chi connectivity index (χ1v) is 9.64. The summed E-state index contributed by atoms with van der Waals surface area (Å²) >= 11 is 3.45. The van der Waals surface area contributed by atoms with Crippen LogP contribution in [-0.4, -0.2) is 50.0 Å². The fourth-order valence-corrected chi connectivity index (χ4v) is 2.80. The molecule has 1 aromatic carbocycles. The first-order chi connectivity index (χ1) is 13.0. The summed E-state index contributed by atoms with van der Waals surface area (Å²) in [7, 11) is 3.32. The molecule has 0 bridgehead atoms. The predicted molar refractivity (Wildman–Crippen MR) is 110 cm³/mol. The molecule has 0 saturated carbocycles. The van der Waals surface area contributed by atoms with E-state index in [1.165, 1.54) is 4.90 Å². The molecule has 1 aliphatic rings. The van der Waals surface area contributed by atoms with E-state index in [-0.39, 0.29) is 23.6 Å². The number of benzene rings is 1. The Morgan fingerprint density at radius 2 is 1.96 bits per heavy atom. The normalized spacial score (nSPS) is 15.3. The van der Waals surface area contributed by atoms with Gasteiger partial charge in [0.05, 0.1) is 11.1 Å². The topological polar surface area (TPSA) is 77.4 Å². The molecule has 0 radical (unpaired) electrons. The summed E-state index contributed by atoms with van der Waals surface area (Å²) < 4.78 is 17.2. The van der Waals surface area contributed by atoms with Crippen LogP contribution in [0, 0.1) is 5.41 Å². The van der Waals surface area contributed by atoms with Crippen molar-refractivity contribution in [2.75, 3.05) is 27.3 Å². The molecule has 0 atom stereocenters. The van der Waals surface area contributed by atoms with Crippen molar-refractivity contribution < 1.29 is 23.8 Å². The maximum absolute atomic E-state index is 12.1. The summed E-state index contributed by atoms with van der Waals surface area (Å²) in [5.41, 5.74) is 0.544. The van der Waals surface area contributed by atoms with E-state index < -0.39 is 5.97 Å². The number of carbonyl (C=O) groups excluding carboxylic acids is 2. The first kappa shape index (κ1) is 21.9. The number of aliphatic imine (C=N–C) groups is 1. The highest BCUT2D eigenvalue weighted by Gasteiger charge is 2.31. The highest BCUT2D eigenvalue weighted by Crippen LogP contribution is 2.38. The average Bonchev–Trinajstić information content (AvgIpc) is 2.95. The van der Waals surface area contributed by atoms with Crippen molar-refractivity contribution in [2.45, 2.75) is 27.7 Å². The van der Waals surface area contributed by atoms with Crippen LogP contribution in [0.4, 0.5) is 0 Å². The Morgan fingerprint density at radius 1 is 1.29 bits per heavy atom. The van der Waals surface area contributed by atoms with Crippen LogP contribution in [0.25, 0.3) is 6.08 Å². The van der Waals surface area contributed by atoms with Crippen molar-refractivity contribution in [1.29, 1.82) is 0 Å². The van der Waals surface area contributed by atoms with Crippen LogP contribution in [0.1, 0.15) is 33.3 Å². The van der Waals surface area contributed by atoms with E-state index in [1.807, 2.05) is 27.7 Å². The van der Waals surface area contributed by atoms with Gasteiger partial charge < -0.3 is 19.1 Å². The van der Waals surface area contributed by atoms with Crippen LogP contribution in [-0.2, 0) is 14.3 Å². The Morgan fingerprint density at radius 3 is 2.50 bits per heavy atom. The molecule has 152 valence electrons. The van der Waals surface area contributed by atoms with Crippen molar-refractivity contribution in [2.24, 2.45) is 10.4 Å². The number of rotatable bonds is 6. The fourth-order valence-electron chi connectivity index (χ4n) is 2.23. The molecule has 28 heavy (non-hydrogen) atoms. The standard InChI is InChI=1S/C20H25BrN2O5/c1-7-26-15-10-12(8-13(21)17(15)27-11-16(24)23(5)6)9-14-18(25)28-19(22-14)20(2,3)4/h8-10H,7,11H2,1-6H3/b14-9+. The summed E-state index contributed by atoms with van der Waals surface area (Å²) in [4.78, 5) is 29.7. The van der Waals surface area contributed by atoms with Crippen LogP contribution in [0.5, 0.6) is 11.5 Å². The molecule has 1 heterocycles. The number of halogens is 1. The number of cyclic esters (lactones) is 1. The number of ether oxygens (including phenoxy) is 3. The van der Waals surface area contributed by atoms with E-state index in [4.69, 9.17) is 14.2 Å². The predicted octanol–water partition coefficient (Wildman–Crippen LogP) is 3.66. The van der Waals surface area contributed by atoms with Gasteiger partial charge in [0.25, 0.3) is 5.91 Å². The lowest BCUT2D eigenvalue weighted by Crippen LogP contribution is -2.27. The lowest BCUT2D eigenvalue weighted by atomic mass is 9.97. The van der Waals surface area contributed by atoms with E-state index in [0.29, 0.717) is 34.0 Å². The number of nitrogens with zero attached hydrogens (tertiary/aromatic N) is 2. The van der Waals surface area contributed by atoms with Gasteiger partial charge in [0, 0.05) is 19.5 Å². The molecule has 1 amide bonds. The van der Waals surface area contributed by atoms with Gasteiger partial charge in [0.15, 0.2) is 23.8 Å². The zero-order chi connectivity index (χ0) is 21.1. The van der Waals surface area contributed by atoms with Crippen molar-refractivity contribution in [3.8, 4) is 11.5 Å². The van der Waals surface area contributed by atoms with Gasteiger partial charge >= 0.3 is 5.97 Å². The number of hydrogen-bond acceptors (Lipinski definition) is 6. The second-order valence-corrected chi connectivity index (χ2v) is 8.28. The van der Waals surface area contributed by atoms with E-state index in [9.17, 15) is 9.59 Å². The molecular formula is C20H25BrN2O5.